The lowest BCUT2D eigenvalue weighted by Gasteiger charge is -2.57. The number of unbranched alkanes of at least 4 members (excludes halogenated alkanes) is 2. The normalized spacial score (nSPS) is 42.2. The van der Waals surface area contributed by atoms with Crippen molar-refractivity contribution in [1.82, 2.24) is 0 Å². The van der Waals surface area contributed by atoms with Gasteiger partial charge in [0.15, 0.2) is 0 Å². The van der Waals surface area contributed by atoms with Gasteiger partial charge in [-0.15, -0.1) is 0 Å². The minimum absolute atomic E-state index is 0.737. The van der Waals surface area contributed by atoms with Crippen molar-refractivity contribution >= 4 is 0 Å². The van der Waals surface area contributed by atoms with Crippen molar-refractivity contribution in [3.63, 3.8) is 0 Å². The van der Waals surface area contributed by atoms with Crippen LogP contribution in [0.25, 0.3) is 0 Å². The molecule has 4 aliphatic rings. The van der Waals surface area contributed by atoms with Crippen LogP contribution in [0.15, 0.2) is 0 Å². The number of hydrogen-bond donors (Lipinski definition) is 1. The van der Waals surface area contributed by atoms with Gasteiger partial charge in [0.2, 0.25) is 0 Å². The van der Waals surface area contributed by atoms with E-state index in [2.05, 4.69) is 5.92 Å². The fraction of sp³-hybridized carbons (Fsp3) is 0.875. The zero-order chi connectivity index (χ0) is 11.7. The van der Waals surface area contributed by atoms with E-state index in [-0.39, 0.29) is 0 Å². The van der Waals surface area contributed by atoms with Gasteiger partial charge in [0.05, 0.1) is 0 Å². The average molecular weight is 232 g/mol. The van der Waals surface area contributed by atoms with Crippen LogP contribution < -0.4 is 0 Å². The molecule has 0 atom stereocenters. The molecule has 0 radical (unpaired) electrons. The van der Waals surface area contributed by atoms with Crippen molar-refractivity contribution in [1.29, 1.82) is 0 Å². The number of hydrogen-bond acceptors (Lipinski definition) is 1. The lowest BCUT2D eigenvalue weighted by atomic mass is 9.48. The molecule has 0 saturated heterocycles. The molecular weight excluding hydrogens is 208 g/mol. The molecule has 4 bridgehead atoms. The molecule has 1 heteroatoms. The second-order valence-corrected chi connectivity index (χ2v) is 6.91. The summed E-state index contributed by atoms with van der Waals surface area (Å²) in [6.07, 6.45) is 16.1. The fourth-order valence-electron chi connectivity index (χ4n) is 5.37. The Bertz CT molecular complexity index is 298. The molecule has 0 aromatic carbocycles. The molecule has 4 rings (SSSR count). The van der Waals surface area contributed by atoms with Crippen molar-refractivity contribution in [2.75, 3.05) is 0 Å². The maximum atomic E-state index is 8.43. The highest BCUT2D eigenvalue weighted by atomic mass is 16.2. The minimum Gasteiger partial charge on any atom is -0.462 e. The SMILES string of the molecule is OC#CCCCCC12CC3CC(CC(C3)C1)C2. The summed E-state index contributed by atoms with van der Waals surface area (Å²) in [5.74, 6) is 6.01. The number of aliphatic hydroxyl groups excluding tert-OH is 1. The molecule has 94 valence electrons. The van der Waals surface area contributed by atoms with E-state index in [1.807, 2.05) is 6.11 Å². The Kier molecular flexibility index (Phi) is 3.07. The molecule has 0 aromatic heterocycles. The lowest BCUT2D eigenvalue weighted by molar-refractivity contribution is -0.0582. The van der Waals surface area contributed by atoms with Crippen molar-refractivity contribution in [2.24, 2.45) is 23.2 Å². The molecule has 4 saturated carbocycles. The number of rotatable bonds is 4. The van der Waals surface area contributed by atoms with E-state index in [9.17, 15) is 0 Å². The molecule has 0 aromatic rings. The Morgan fingerprint density at radius 1 is 0.941 bits per heavy atom. The standard InChI is InChI=1S/C16H24O/c17-6-4-2-1-3-5-16-10-13-7-14(11-16)9-15(8-13)12-16/h13-15,17H,1-3,5,7-12H2. The first kappa shape index (κ1) is 11.5. The van der Waals surface area contributed by atoms with Gasteiger partial charge in [0.1, 0.15) is 6.11 Å². The van der Waals surface area contributed by atoms with Crippen molar-refractivity contribution in [3.8, 4) is 12.0 Å². The first-order chi connectivity index (χ1) is 8.30. The first-order valence-corrected chi connectivity index (χ1v) is 7.42. The summed E-state index contributed by atoms with van der Waals surface area (Å²) in [6, 6.07) is 0. The third-order valence-corrected chi connectivity index (χ3v) is 5.50. The summed E-state index contributed by atoms with van der Waals surface area (Å²) in [6.45, 7) is 0. The maximum Gasteiger partial charge on any atom is 0.107 e. The van der Waals surface area contributed by atoms with E-state index in [4.69, 9.17) is 5.11 Å². The molecular formula is C16H24O. The topological polar surface area (TPSA) is 20.2 Å². The average Bonchev–Trinajstić information content (AvgIpc) is 2.26. The smallest absolute Gasteiger partial charge is 0.107 e. The number of aliphatic hydroxyl groups is 1. The second-order valence-electron chi connectivity index (χ2n) is 6.91. The Morgan fingerprint density at radius 2 is 1.53 bits per heavy atom. The van der Waals surface area contributed by atoms with Gasteiger partial charge < -0.3 is 5.11 Å². The maximum absolute atomic E-state index is 8.43. The Hall–Kier alpha value is -0.640. The Morgan fingerprint density at radius 3 is 2.06 bits per heavy atom. The van der Waals surface area contributed by atoms with E-state index in [0.717, 1.165) is 29.6 Å². The van der Waals surface area contributed by atoms with Gasteiger partial charge in [0, 0.05) is 6.42 Å². The van der Waals surface area contributed by atoms with E-state index in [1.54, 1.807) is 19.3 Å². The van der Waals surface area contributed by atoms with Gasteiger partial charge in [-0.3, -0.25) is 0 Å². The van der Waals surface area contributed by atoms with Gasteiger partial charge in [-0.1, -0.05) is 12.3 Å². The molecule has 0 amide bonds. The summed E-state index contributed by atoms with van der Waals surface area (Å²) < 4.78 is 0. The quantitative estimate of drug-likeness (QED) is 0.571. The van der Waals surface area contributed by atoms with Crippen molar-refractivity contribution in [2.45, 2.75) is 64.2 Å². The highest BCUT2D eigenvalue weighted by molar-refractivity contribution is 5.01. The van der Waals surface area contributed by atoms with Gasteiger partial charge in [-0.25, -0.2) is 0 Å². The monoisotopic (exact) mass is 232 g/mol. The highest BCUT2D eigenvalue weighted by Crippen LogP contribution is 2.61. The summed E-state index contributed by atoms with van der Waals surface area (Å²) in [7, 11) is 0. The van der Waals surface area contributed by atoms with Crippen LogP contribution in [0.3, 0.4) is 0 Å². The molecule has 1 N–H and O–H groups in total. The van der Waals surface area contributed by atoms with Crippen LogP contribution in [0.2, 0.25) is 0 Å². The van der Waals surface area contributed by atoms with Gasteiger partial charge >= 0.3 is 0 Å². The van der Waals surface area contributed by atoms with E-state index in [1.165, 1.54) is 38.5 Å². The van der Waals surface area contributed by atoms with E-state index < -0.39 is 0 Å². The highest BCUT2D eigenvalue weighted by Gasteiger charge is 2.50. The van der Waals surface area contributed by atoms with Crippen LogP contribution in [0.4, 0.5) is 0 Å². The molecule has 0 unspecified atom stereocenters. The molecule has 0 aliphatic heterocycles. The lowest BCUT2D eigenvalue weighted by Crippen LogP contribution is -2.45. The second kappa shape index (κ2) is 4.56. The van der Waals surface area contributed by atoms with Crippen LogP contribution in [0.5, 0.6) is 0 Å². The molecule has 1 nitrogen and oxygen atoms in total. The van der Waals surface area contributed by atoms with Crippen LogP contribution in [0.1, 0.15) is 64.2 Å². The molecule has 17 heavy (non-hydrogen) atoms. The summed E-state index contributed by atoms with van der Waals surface area (Å²) in [5, 5.41) is 8.43. The molecule has 4 fully saturated rings. The van der Waals surface area contributed by atoms with E-state index in [0.29, 0.717) is 0 Å². The third-order valence-electron chi connectivity index (χ3n) is 5.50. The van der Waals surface area contributed by atoms with Gasteiger partial charge in [-0.2, -0.15) is 0 Å². The third kappa shape index (κ3) is 2.32. The fourth-order valence-corrected chi connectivity index (χ4v) is 5.37. The van der Waals surface area contributed by atoms with Crippen LogP contribution in [-0.2, 0) is 0 Å². The van der Waals surface area contributed by atoms with Crippen LogP contribution in [-0.4, -0.2) is 5.11 Å². The van der Waals surface area contributed by atoms with E-state index >= 15 is 0 Å². The van der Waals surface area contributed by atoms with Gasteiger partial charge in [0.25, 0.3) is 0 Å². The first-order valence-electron chi connectivity index (χ1n) is 7.42. The predicted molar refractivity (Wildman–Crippen MR) is 68.8 cm³/mol. The van der Waals surface area contributed by atoms with Crippen LogP contribution in [0, 0.1) is 35.2 Å². The Balaban J connectivity index is 1.53. The molecule has 0 spiro atoms. The summed E-state index contributed by atoms with van der Waals surface area (Å²) >= 11 is 0. The molecule has 4 aliphatic carbocycles. The Labute approximate surface area is 105 Å². The largest absolute Gasteiger partial charge is 0.462 e. The van der Waals surface area contributed by atoms with Crippen molar-refractivity contribution in [3.05, 3.63) is 0 Å². The predicted octanol–water partition coefficient (Wildman–Crippen LogP) is 4.10. The summed E-state index contributed by atoms with van der Waals surface area (Å²) in [4.78, 5) is 0. The minimum atomic E-state index is 0.737. The van der Waals surface area contributed by atoms with Gasteiger partial charge in [-0.05, 0) is 74.5 Å². The zero-order valence-electron chi connectivity index (χ0n) is 10.8. The van der Waals surface area contributed by atoms with Crippen molar-refractivity contribution < 1.29 is 5.11 Å². The van der Waals surface area contributed by atoms with Crippen LogP contribution >= 0.6 is 0 Å². The summed E-state index contributed by atoms with van der Waals surface area (Å²) in [5.41, 5.74) is 0.737. The molecule has 0 heterocycles. The zero-order valence-corrected chi connectivity index (χ0v) is 10.8.